The number of nitrogens with one attached hydrogen (secondary N) is 1. The van der Waals surface area contributed by atoms with Crippen molar-refractivity contribution in [2.45, 2.75) is 39.5 Å². The molecule has 0 radical (unpaired) electrons. The molecular formula is C11H21NO2. The van der Waals surface area contributed by atoms with Crippen molar-refractivity contribution < 1.29 is 9.90 Å². The zero-order chi connectivity index (χ0) is 10.6. The predicted octanol–water partition coefficient (Wildman–Crippen LogP) is 1.88. The Morgan fingerprint density at radius 2 is 2.00 bits per heavy atom. The van der Waals surface area contributed by atoms with Crippen LogP contribution in [-0.2, 0) is 4.79 Å². The lowest BCUT2D eigenvalue weighted by Gasteiger charge is -2.34. The molecule has 0 aromatic rings. The first-order valence-electron chi connectivity index (χ1n) is 5.51. The van der Waals surface area contributed by atoms with Crippen LogP contribution in [0.2, 0.25) is 0 Å². The summed E-state index contributed by atoms with van der Waals surface area (Å²) in [5, 5.41) is 12.5. The van der Waals surface area contributed by atoms with Gasteiger partial charge in [0.05, 0.1) is 5.41 Å². The lowest BCUT2D eigenvalue weighted by atomic mass is 9.74. The van der Waals surface area contributed by atoms with Gasteiger partial charge in [-0.05, 0) is 44.7 Å². The van der Waals surface area contributed by atoms with Crippen LogP contribution in [0.3, 0.4) is 0 Å². The molecule has 0 aromatic heterocycles. The maximum Gasteiger partial charge on any atom is 0.309 e. The Morgan fingerprint density at radius 1 is 1.43 bits per heavy atom. The molecule has 3 heteroatoms. The fourth-order valence-electron chi connectivity index (χ4n) is 2.04. The lowest BCUT2D eigenvalue weighted by Crippen LogP contribution is -2.42. The normalized spacial score (nSPS) is 21.1. The molecule has 1 aliphatic rings. The topological polar surface area (TPSA) is 49.3 Å². The third-order valence-corrected chi connectivity index (χ3v) is 3.21. The maximum atomic E-state index is 11.3. The van der Waals surface area contributed by atoms with Gasteiger partial charge in [-0.2, -0.15) is 0 Å². The second kappa shape index (κ2) is 4.78. The average molecular weight is 199 g/mol. The zero-order valence-corrected chi connectivity index (χ0v) is 9.18. The van der Waals surface area contributed by atoms with Crippen LogP contribution in [0.5, 0.6) is 0 Å². The summed E-state index contributed by atoms with van der Waals surface area (Å²) in [6.07, 6.45) is 3.43. The van der Waals surface area contributed by atoms with Gasteiger partial charge in [-0.1, -0.05) is 13.8 Å². The second-order valence-electron chi connectivity index (χ2n) is 4.77. The molecule has 1 saturated heterocycles. The van der Waals surface area contributed by atoms with E-state index in [1.807, 2.05) is 0 Å². The van der Waals surface area contributed by atoms with E-state index in [1.54, 1.807) is 0 Å². The largest absolute Gasteiger partial charge is 0.481 e. The van der Waals surface area contributed by atoms with E-state index in [9.17, 15) is 9.90 Å². The summed E-state index contributed by atoms with van der Waals surface area (Å²) in [4.78, 5) is 11.3. The standard InChI is InChI=1S/C11H21NO2/c1-9(2)3-4-11(10(13)14)5-7-12-8-6-11/h9,12H,3-8H2,1-2H3,(H,13,14). The lowest BCUT2D eigenvalue weighted by molar-refractivity contribution is -0.151. The molecule has 3 nitrogen and oxygen atoms in total. The smallest absolute Gasteiger partial charge is 0.309 e. The van der Waals surface area contributed by atoms with Gasteiger partial charge in [0.25, 0.3) is 0 Å². The highest BCUT2D eigenvalue weighted by Gasteiger charge is 2.38. The molecule has 0 aromatic carbocycles. The molecular weight excluding hydrogens is 178 g/mol. The molecule has 0 unspecified atom stereocenters. The van der Waals surface area contributed by atoms with Crippen LogP contribution >= 0.6 is 0 Å². The summed E-state index contributed by atoms with van der Waals surface area (Å²) in [6.45, 7) is 6.00. The summed E-state index contributed by atoms with van der Waals surface area (Å²) in [5.41, 5.74) is -0.435. The van der Waals surface area contributed by atoms with Crippen molar-refractivity contribution in [2.24, 2.45) is 11.3 Å². The third kappa shape index (κ3) is 2.71. The number of carboxylic acids is 1. The van der Waals surface area contributed by atoms with Gasteiger partial charge >= 0.3 is 5.97 Å². The molecule has 0 saturated carbocycles. The number of carbonyl (C=O) groups is 1. The minimum atomic E-state index is -0.598. The SMILES string of the molecule is CC(C)CCC1(C(=O)O)CCNCC1. The first-order valence-corrected chi connectivity index (χ1v) is 5.51. The van der Waals surface area contributed by atoms with Crippen molar-refractivity contribution >= 4 is 5.97 Å². The minimum Gasteiger partial charge on any atom is -0.481 e. The van der Waals surface area contributed by atoms with E-state index in [0.717, 1.165) is 38.8 Å². The number of hydrogen-bond donors (Lipinski definition) is 2. The van der Waals surface area contributed by atoms with Crippen LogP contribution in [0.4, 0.5) is 0 Å². The van der Waals surface area contributed by atoms with Crippen molar-refractivity contribution in [3.63, 3.8) is 0 Å². The van der Waals surface area contributed by atoms with E-state index >= 15 is 0 Å². The van der Waals surface area contributed by atoms with Gasteiger partial charge in [0, 0.05) is 0 Å². The molecule has 1 aliphatic heterocycles. The number of aliphatic carboxylic acids is 1. The molecule has 1 fully saturated rings. The third-order valence-electron chi connectivity index (χ3n) is 3.21. The van der Waals surface area contributed by atoms with Crippen molar-refractivity contribution in [2.75, 3.05) is 13.1 Å². The summed E-state index contributed by atoms with van der Waals surface area (Å²) >= 11 is 0. The Labute approximate surface area is 85.9 Å². The van der Waals surface area contributed by atoms with Gasteiger partial charge in [-0.15, -0.1) is 0 Å². The van der Waals surface area contributed by atoms with Gasteiger partial charge in [-0.25, -0.2) is 0 Å². The molecule has 0 atom stereocenters. The predicted molar refractivity (Wildman–Crippen MR) is 56.2 cm³/mol. The van der Waals surface area contributed by atoms with E-state index in [-0.39, 0.29) is 0 Å². The van der Waals surface area contributed by atoms with Crippen LogP contribution in [0.25, 0.3) is 0 Å². The van der Waals surface area contributed by atoms with E-state index in [2.05, 4.69) is 19.2 Å². The molecule has 1 rings (SSSR count). The fourth-order valence-corrected chi connectivity index (χ4v) is 2.04. The van der Waals surface area contributed by atoms with Crippen molar-refractivity contribution in [1.82, 2.24) is 5.32 Å². The molecule has 0 aliphatic carbocycles. The minimum absolute atomic E-state index is 0.435. The summed E-state index contributed by atoms with van der Waals surface area (Å²) in [6, 6.07) is 0. The van der Waals surface area contributed by atoms with Crippen LogP contribution in [-0.4, -0.2) is 24.2 Å². The Balaban J connectivity index is 2.56. The number of hydrogen-bond acceptors (Lipinski definition) is 2. The molecule has 0 amide bonds. The molecule has 2 N–H and O–H groups in total. The average Bonchev–Trinajstić information content (AvgIpc) is 2.16. The molecule has 0 spiro atoms. The van der Waals surface area contributed by atoms with Crippen LogP contribution < -0.4 is 5.32 Å². The van der Waals surface area contributed by atoms with Crippen LogP contribution in [0.1, 0.15) is 39.5 Å². The molecule has 82 valence electrons. The highest BCUT2D eigenvalue weighted by atomic mass is 16.4. The van der Waals surface area contributed by atoms with Gasteiger partial charge < -0.3 is 10.4 Å². The monoisotopic (exact) mass is 199 g/mol. The van der Waals surface area contributed by atoms with Gasteiger partial charge in [-0.3, -0.25) is 4.79 Å². The Kier molecular flexibility index (Phi) is 3.93. The Bertz CT molecular complexity index is 195. The van der Waals surface area contributed by atoms with E-state index < -0.39 is 11.4 Å². The van der Waals surface area contributed by atoms with Gasteiger partial charge in [0.2, 0.25) is 0 Å². The number of piperidine rings is 1. The number of rotatable bonds is 4. The van der Waals surface area contributed by atoms with Crippen LogP contribution in [0, 0.1) is 11.3 Å². The first kappa shape index (κ1) is 11.5. The number of carboxylic acid groups (broad SMARTS) is 1. The summed E-state index contributed by atoms with van der Waals surface area (Å²) < 4.78 is 0. The molecule has 14 heavy (non-hydrogen) atoms. The Morgan fingerprint density at radius 3 is 2.43 bits per heavy atom. The van der Waals surface area contributed by atoms with Gasteiger partial charge in [0.1, 0.15) is 0 Å². The quantitative estimate of drug-likeness (QED) is 0.726. The Hall–Kier alpha value is -0.570. The first-order chi connectivity index (χ1) is 6.57. The summed E-state index contributed by atoms with van der Waals surface area (Å²) in [7, 11) is 0. The van der Waals surface area contributed by atoms with Crippen molar-refractivity contribution in [3.05, 3.63) is 0 Å². The van der Waals surface area contributed by atoms with Gasteiger partial charge in [0.15, 0.2) is 0 Å². The van der Waals surface area contributed by atoms with Crippen LogP contribution in [0.15, 0.2) is 0 Å². The van der Waals surface area contributed by atoms with E-state index in [0.29, 0.717) is 5.92 Å². The fraction of sp³-hybridized carbons (Fsp3) is 0.909. The van der Waals surface area contributed by atoms with E-state index in [4.69, 9.17) is 0 Å². The molecule has 1 heterocycles. The maximum absolute atomic E-state index is 11.3. The second-order valence-corrected chi connectivity index (χ2v) is 4.77. The van der Waals surface area contributed by atoms with Crippen molar-refractivity contribution in [3.8, 4) is 0 Å². The zero-order valence-electron chi connectivity index (χ0n) is 9.18. The van der Waals surface area contributed by atoms with Crippen molar-refractivity contribution in [1.29, 1.82) is 0 Å². The highest BCUT2D eigenvalue weighted by Crippen LogP contribution is 2.35. The summed E-state index contributed by atoms with van der Waals surface area (Å²) in [5.74, 6) is 0.000704. The van der Waals surface area contributed by atoms with E-state index in [1.165, 1.54) is 0 Å². The molecule has 0 bridgehead atoms. The highest BCUT2D eigenvalue weighted by molar-refractivity contribution is 5.74.